The fourth-order valence-corrected chi connectivity index (χ4v) is 3.68. The van der Waals surface area contributed by atoms with Gasteiger partial charge in [-0.15, -0.1) is 5.10 Å². The Bertz CT molecular complexity index is 1130. The van der Waals surface area contributed by atoms with Crippen LogP contribution in [0.15, 0.2) is 71.3 Å². The van der Waals surface area contributed by atoms with E-state index in [2.05, 4.69) is 20.4 Å². The Hall–Kier alpha value is -3.39. The number of aromatic nitrogens is 4. The van der Waals surface area contributed by atoms with Crippen LogP contribution in [0.2, 0.25) is 0 Å². The van der Waals surface area contributed by atoms with Crippen LogP contribution < -0.4 is 0 Å². The van der Waals surface area contributed by atoms with Crippen molar-refractivity contribution in [3.63, 3.8) is 0 Å². The van der Waals surface area contributed by atoms with E-state index in [1.54, 1.807) is 35.2 Å². The number of benzene rings is 2. The van der Waals surface area contributed by atoms with Gasteiger partial charge >= 0.3 is 0 Å². The molecular weight excluding hydrogens is 412 g/mol. The second-order valence-electron chi connectivity index (χ2n) is 8.68. The molecule has 2 aromatic carbocycles. The second kappa shape index (κ2) is 9.00. The number of tetrazole rings is 1. The van der Waals surface area contributed by atoms with E-state index in [1.807, 2.05) is 32.9 Å². The van der Waals surface area contributed by atoms with Gasteiger partial charge in [0, 0.05) is 6.54 Å². The van der Waals surface area contributed by atoms with Gasteiger partial charge in [-0.25, -0.2) is 13.5 Å². The number of furan rings is 1. The zero-order valence-electron chi connectivity index (χ0n) is 18.2. The van der Waals surface area contributed by atoms with Crippen molar-refractivity contribution >= 4 is 0 Å². The van der Waals surface area contributed by atoms with Crippen LogP contribution in [-0.4, -0.2) is 25.1 Å². The lowest BCUT2D eigenvalue weighted by atomic mass is 10.0. The van der Waals surface area contributed by atoms with Crippen molar-refractivity contribution in [2.24, 2.45) is 0 Å². The normalized spacial score (nSPS) is 12.9. The van der Waals surface area contributed by atoms with Crippen LogP contribution in [0.4, 0.5) is 8.78 Å². The van der Waals surface area contributed by atoms with E-state index in [0.717, 1.165) is 16.9 Å². The van der Waals surface area contributed by atoms with Gasteiger partial charge in [0.15, 0.2) is 5.82 Å². The first-order valence-electron chi connectivity index (χ1n) is 10.4. The highest BCUT2D eigenvalue weighted by atomic mass is 19.1. The molecule has 0 N–H and O–H groups in total. The van der Waals surface area contributed by atoms with E-state index >= 15 is 0 Å². The molecule has 6 nitrogen and oxygen atoms in total. The Balaban J connectivity index is 1.82. The van der Waals surface area contributed by atoms with Crippen LogP contribution in [0.5, 0.6) is 0 Å². The van der Waals surface area contributed by atoms with Crippen molar-refractivity contribution in [3.8, 4) is 0 Å². The number of halogens is 2. The average molecular weight is 437 g/mol. The topological polar surface area (TPSA) is 60.0 Å². The lowest BCUT2D eigenvalue weighted by Crippen LogP contribution is -2.34. The minimum Gasteiger partial charge on any atom is -0.468 e. The van der Waals surface area contributed by atoms with Crippen LogP contribution in [-0.2, 0) is 18.6 Å². The standard InChI is InChI=1S/C24H25F2N5O/c1-24(2,3)31-23(27-28-29-31)22(18-8-12-20(26)13-9-18)30(16-21-5-4-14-32-21)15-17-6-10-19(25)11-7-17/h4-14,22H,15-16H2,1-3H3/t22-/m1/s1. The third-order valence-corrected chi connectivity index (χ3v) is 5.16. The second-order valence-corrected chi connectivity index (χ2v) is 8.68. The Kier molecular flexibility index (Phi) is 6.14. The molecule has 166 valence electrons. The lowest BCUT2D eigenvalue weighted by Gasteiger charge is -2.32. The van der Waals surface area contributed by atoms with Crippen LogP contribution in [0.1, 0.15) is 49.5 Å². The van der Waals surface area contributed by atoms with Crippen molar-refractivity contribution in [1.82, 2.24) is 25.1 Å². The van der Waals surface area contributed by atoms with Crippen LogP contribution >= 0.6 is 0 Å². The van der Waals surface area contributed by atoms with Gasteiger partial charge < -0.3 is 4.42 Å². The maximum atomic E-state index is 13.7. The van der Waals surface area contributed by atoms with Gasteiger partial charge in [-0.05, 0) is 78.7 Å². The summed E-state index contributed by atoms with van der Waals surface area (Å²) in [5.41, 5.74) is 1.38. The van der Waals surface area contributed by atoms with Crippen molar-refractivity contribution < 1.29 is 13.2 Å². The Morgan fingerprint density at radius 1 is 0.938 bits per heavy atom. The fraction of sp³-hybridized carbons (Fsp3) is 0.292. The third-order valence-electron chi connectivity index (χ3n) is 5.16. The quantitative estimate of drug-likeness (QED) is 0.403. The summed E-state index contributed by atoms with van der Waals surface area (Å²) >= 11 is 0. The first-order valence-corrected chi connectivity index (χ1v) is 10.4. The first kappa shape index (κ1) is 21.8. The molecule has 0 spiro atoms. The summed E-state index contributed by atoms with van der Waals surface area (Å²) in [5, 5.41) is 12.5. The van der Waals surface area contributed by atoms with Gasteiger partial charge in [0.2, 0.25) is 0 Å². The zero-order valence-corrected chi connectivity index (χ0v) is 18.2. The highest BCUT2D eigenvalue weighted by molar-refractivity contribution is 5.27. The summed E-state index contributed by atoms with van der Waals surface area (Å²) in [6.45, 7) is 6.98. The van der Waals surface area contributed by atoms with Gasteiger partial charge in [-0.3, -0.25) is 4.90 Å². The maximum absolute atomic E-state index is 13.7. The average Bonchev–Trinajstić information content (AvgIpc) is 3.43. The Morgan fingerprint density at radius 2 is 1.59 bits per heavy atom. The molecule has 32 heavy (non-hydrogen) atoms. The summed E-state index contributed by atoms with van der Waals surface area (Å²) in [7, 11) is 0. The minimum atomic E-state index is -0.403. The van der Waals surface area contributed by atoms with E-state index in [4.69, 9.17) is 4.42 Å². The van der Waals surface area contributed by atoms with Crippen molar-refractivity contribution in [3.05, 3.63) is 101 Å². The molecule has 0 fully saturated rings. The molecule has 8 heteroatoms. The molecule has 0 amide bonds. The molecule has 0 saturated carbocycles. The van der Waals surface area contributed by atoms with Crippen LogP contribution in [0.3, 0.4) is 0 Å². The molecule has 0 aliphatic heterocycles. The predicted molar refractivity (Wildman–Crippen MR) is 115 cm³/mol. The third kappa shape index (κ3) is 4.91. The van der Waals surface area contributed by atoms with E-state index < -0.39 is 6.04 Å². The number of hydrogen-bond acceptors (Lipinski definition) is 5. The van der Waals surface area contributed by atoms with Gasteiger partial charge in [0.25, 0.3) is 0 Å². The zero-order chi connectivity index (χ0) is 22.7. The minimum absolute atomic E-state index is 0.293. The molecule has 0 radical (unpaired) electrons. The molecule has 1 atom stereocenters. The van der Waals surface area contributed by atoms with E-state index in [0.29, 0.717) is 18.9 Å². The fourth-order valence-electron chi connectivity index (χ4n) is 3.68. The smallest absolute Gasteiger partial charge is 0.173 e. The van der Waals surface area contributed by atoms with Gasteiger partial charge in [0.05, 0.1) is 24.4 Å². The largest absolute Gasteiger partial charge is 0.468 e. The number of hydrogen-bond donors (Lipinski definition) is 0. The predicted octanol–water partition coefficient (Wildman–Crippen LogP) is 5.09. The van der Waals surface area contributed by atoms with Gasteiger partial charge in [-0.2, -0.15) is 0 Å². The number of rotatable bonds is 7. The molecule has 2 heterocycles. The molecule has 4 rings (SSSR count). The van der Waals surface area contributed by atoms with Gasteiger partial charge in [-0.1, -0.05) is 24.3 Å². The van der Waals surface area contributed by atoms with Crippen molar-refractivity contribution in [2.45, 2.75) is 45.4 Å². The highest BCUT2D eigenvalue weighted by Crippen LogP contribution is 2.32. The molecule has 0 bridgehead atoms. The van der Waals surface area contributed by atoms with E-state index in [1.165, 1.54) is 24.3 Å². The van der Waals surface area contributed by atoms with E-state index in [9.17, 15) is 8.78 Å². The summed E-state index contributed by atoms with van der Waals surface area (Å²) in [4.78, 5) is 2.13. The summed E-state index contributed by atoms with van der Waals surface area (Å²) in [6, 6.07) is 16.0. The molecule has 0 aliphatic carbocycles. The van der Waals surface area contributed by atoms with Crippen LogP contribution in [0.25, 0.3) is 0 Å². The first-order chi connectivity index (χ1) is 15.3. The molecule has 4 aromatic rings. The van der Waals surface area contributed by atoms with Crippen LogP contribution in [0, 0.1) is 11.6 Å². The SMILES string of the molecule is CC(C)(C)n1nnnc1[C@@H](c1ccc(F)cc1)N(Cc1ccc(F)cc1)Cc1ccco1. The monoisotopic (exact) mass is 437 g/mol. The summed E-state index contributed by atoms with van der Waals surface area (Å²) in [6.07, 6.45) is 1.62. The highest BCUT2D eigenvalue weighted by Gasteiger charge is 2.32. The van der Waals surface area contributed by atoms with Gasteiger partial charge in [0.1, 0.15) is 17.4 Å². The van der Waals surface area contributed by atoms with Crippen molar-refractivity contribution in [1.29, 1.82) is 0 Å². The molecular formula is C24H25F2N5O. The van der Waals surface area contributed by atoms with E-state index in [-0.39, 0.29) is 17.2 Å². The molecule has 2 aromatic heterocycles. The lowest BCUT2D eigenvalue weighted by molar-refractivity contribution is 0.172. The number of nitrogens with zero attached hydrogens (tertiary/aromatic N) is 5. The molecule has 0 aliphatic rings. The maximum Gasteiger partial charge on any atom is 0.173 e. The summed E-state index contributed by atoms with van der Waals surface area (Å²) < 4.78 is 34.6. The Morgan fingerprint density at radius 3 is 2.19 bits per heavy atom. The molecule has 0 unspecified atom stereocenters. The Labute approximate surface area is 185 Å². The summed E-state index contributed by atoms with van der Waals surface area (Å²) in [5.74, 6) is 0.768. The van der Waals surface area contributed by atoms with Crippen molar-refractivity contribution in [2.75, 3.05) is 0 Å². The molecule has 0 saturated heterocycles.